The molecule has 0 amide bonds. The van der Waals surface area contributed by atoms with E-state index < -0.39 is 0 Å². The third kappa shape index (κ3) is 15.6. The van der Waals surface area contributed by atoms with Gasteiger partial charge in [0.05, 0.1) is 11.4 Å². The minimum Gasteiger partial charge on any atom is -0.303 e. The van der Waals surface area contributed by atoms with Gasteiger partial charge in [0.25, 0.3) is 0 Å². The zero-order valence-electron chi connectivity index (χ0n) is 61.3. The molecular weight excluding hydrogens is 1780 g/mol. The first-order chi connectivity index (χ1) is 53.0. The van der Waals surface area contributed by atoms with Gasteiger partial charge in [-0.2, -0.15) is 35.0 Å². The molecule has 4 nitrogen and oxygen atoms in total. The van der Waals surface area contributed by atoms with Gasteiger partial charge in [-0.05, 0) is 161 Å². The van der Waals surface area contributed by atoms with Crippen LogP contribution in [0.15, 0.2) is 304 Å². The number of hydrogen-bond donors (Lipinski definition) is 0. The summed E-state index contributed by atoms with van der Waals surface area (Å²) in [6, 6.07) is 113. The van der Waals surface area contributed by atoms with E-state index in [0.29, 0.717) is 0 Å². The first-order valence-corrected chi connectivity index (χ1v) is 39.6. The fraction of sp³-hybridized carbons (Fsp3) is 0.0800. The molecule has 20 rings (SSSR count). The molecule has 20 aromatic rings. The van der Waals surface area contributed by atoms with Gasteiger partial charge in [0.2, 0.25) is 0 Å². The largest absolute Gasteiger partial charge is 2.00 e. The number of nitrogens with zero attached hydrogens (tertiary/aromatic N) is 4. The van der Waals surface area contributed by atoms with Crippen molar-refractivity contribution in [2.24, 2.45) is 0 Å². The molecule has 0 saturated carbocycles. The van der Waals surface area contributed by atoms with Crippen LogP contribution in [0.2, 0.25) is 0 Å². The van der Waals surface area contributed by atoms with E-state index in [-0.39, 0.29) is 42.1 Å². The van der Waals surface area contributed by atoms with Crippen molar-refractivity contribution in [2.75, 3.05) is 0 Å². The Bertz CT molecular complexity index is 6170. The van der Waals surface area contributed by atoms with E-state index in [2.05, 4.69) is 333 Å². The van der Waals surface area contributed by atoms with Gasteiger partial charge in [0.1, 0.15) is 0 Å². The van der Waals surface area contributed by atoms with Gasteiger partial charge in [-0.1, -0.05) is 237 Å². The SMILES string of the molecule is Cc1cc(C)c(-c2cccnc2-c2[c-]c3ccccc3s2)c(C)c1.Cc1cc(C)c(-c2cccnc2-c2[c-]c3ccccc3s2)c(C)c1.[Pt+2].[Pt+2].[c-]1c(Cc2ncc(-c3cccc4ccccc34)c3ccccc23)sc2ccccc12.[c-]1c(Cc2ncc(-c3cccc4ccccc34)c3ccccc23)sc2ccccc12. The number of pyridine rings is 4. The molecule has 0 aliphatic heterocycles. The molecule has 0 atom stereocenters. The van der Waals surface area contributed by atoms with Crippen molar-refractivity contribution in [3.8, 4) is 65.6 Å². The minimum absolute atomic E-state index is 0. The normalized spacial score (nSPS) is 11.1. The molecule has 0 radical (unpaired) electrons. The molecule has 0 fully saturated rings. The molecule has 0 saturated heterocycles. The second-order valence-corrected chi connectivity index (χ2v) is 31.9. The Morgan fingerprint density at radius 3 is 0.955 bits per heavy atom. The summed E-state index contributed by atoms with van der Waals surface area (Å²) >= 11 is 7.13. The molecule has 12 aromatic carbocycles. The number of fused-ring (bicyclic) bond motifs is 8. The van der Waals surface area contributed by atoms with Crippen LogP contribution in [-0.2, 0) is 55.0 Å². The Hall–Kier alpha value is -10.5. The summed E-state index contributed by atoms with van der Waals surface area (Å²) in [6.07, 6.45) is 9.44. The first-order valence-electron chi connectivity index (χ1n) is 36.4. The molecule has 0 N–H and O–H groups in total. The molecule has 0 spiro atoms. The predicted molar refractivity (Wildman–Crippen MR) is 463 cm³/mol. The van der Waals surface area contributed by atoms with Crippen LogP contribution >= 0.6 is 45.3 Å². The first kappa shape index (κ1) is 74.9. The molecule has 536 valence electrons. The smallest absolute Gasteiger partial charge is 0.303 e. The second kappa shape index (κ2) is 33.4. The van der Waals surface area contributed by atoms with E-state index in [1.165, 1.54) is 160 Å². The summed E-state index contributed by atoms with van der Waals surface area (Å²) in [5.74, 6) is 0. The van der Waals surface area contributed by atoms with Gasteiger partial charge in [-0.3, -0.25) is 9.97 Å². The van der Waals surface area contributed by atoms with E-state index in [9.17, 15) is 0 Å². The van der Waals surface area contributed by atoms with Crippen molar-refractivity contribution in [3.63, 3.8) is 0 Å². The van der Waals surface area contributed by atoms with Gasteiger partial charge in [-0.25, -0.2) is 45.3 Å². The van der Waals surface area contributed by atoms with E-state index in [0.717, 1.165) is 56.1 Å². The van der Waals surface area contributed by atoms with Crippen LogP contribution in [0.1, 0.15) is 54.5 Å². The third-order valence-corrected chi connectivity index (χ3v) is 24.3. The molecule has 0 bridgehead atoms. The van der Waals surface area contributed by atoms with Crippen molar-refractivity contribution in [1.82, 2.24) is 19.9 Å². The molecule has 8 aromatic heterocycles. The summed E-state index contributed by atoms with van der Waals surface area (Å²) in [5.41, 5.74) is 21.8. The molecule has 110 heavy (non-hydrogen) atoms. The summed E-state index contributed by atoms with van der Waals surface area (Å²) in [5, 5.41) is 14.7. The summed E-state index contributed by atoms with van der Waals surface area (Å²) < 4.78 is 5.07. The molecule has 10 heteroatoms. The number of benzene rings is 12. The Kier molecular flexibility index (Phi) is 22.7. The molecule has 0 unspecified atom stereocenters. The quantitative estimate of drug-likeness (QED) is 0.128. The third-order valence-electron chi connectivity index (χ3n) is 20.0. The summed E-state index contributed by atoms with van der Waals surface area (Å²) in [4.78, 5) is 24.0. The Morgan fingerprint density at radius 1 is 0.273 bits per heavy atom. The standard InChI is InChI=1S/2C28H18NS.2C22H18NS.2Pt/c2*1-3-11-22-19(8-1)10-7-14-23(22)26-18-29-27(25-13-5-4-12-24(25)26)17-21-16-20-9-2-6-15-28(20)30-21;2*1-14-11-15(2)21(16(3)12-14)18-8-6-10-23-22(18)20-13-17-7-4-5-9-19(17)24-20;;/h2*1-15,18H,17H2;2*4-12H,1-3H3;;/q4*-1;2*+2. The Labute approximate surface area is 687 Å². The molecule has 0 aliphatic carbocycles. The number of rotatable bonds is 10. The van der Waals surface area contributed by atoms with E-state index in [4.69, 9.17) is 19.9 Å². The zero-order chi connectivity index (χ0) is 73.2. The molecular formula is C100H72N4Pt2S4. The number of thiophene rings is 4. The van der Waals surface area contributed by atoms with Crippen molar-refractivity contribution in [1.29, 1.82) is 0 Å². The fourth-order valence-electron chi connectivity index (χ4n) is 15.4. The van der Waals surface area contributed by atoms with E-state index in [1.54, 1.807) is 22.7 Å². The number of aryl methyl sites for hydroxylation is 6. The number of hydrogen-bond acceptors (Lipinski definition) is 8. The maximum absolute atomic E-state index is 4.94. The van der Waals surface area contributed by atoms with Crippen molar-refractivity contribution in [3.05, 3.63) is 383 Å². The summed E-state index contributed by atoms with van der Waals surface area (Å²) in [7, 11) is 0. The minimum atomic E-state index is 0. The van der Waals surface area contributed by atoms with Crippen molar-refractivity contribution in [2.45, 2.75) is 54.4 Å². The maximum Gasteiger partial charge on any atom is 2.00 e. The summed E-state index contributed by atoms with van der Waals surface area (Å²) in [6.45, 7) is 13.0. The van der Waals surface area contributed by atoms with E-state index in [1.807, 2.05) is 59.6 Å². The van der Waals surface area contributed by atoms with Crippen LogP contribution in [0.3, 0.4) is 0 Å². The average Bonchev–Trinajstić information content (AvgIpc) is 0.979. The average molecular weight is 1850 g/mol. The monoisotopic (exact) mass is 1850 g/mol. The number of aromatic nitrogens is 4. The van der Waals surface area contributed by atoms with Crippen LogP contribution in [0.25, 0.3) is 149 Å². The Morgan fingerprint density at radius 2 is 0.582 bits per heavy atom. The maximum atomic E-state index is 4.94. The zero-order valence-corrected chi connectivity index (χ0v) is 69.1. The van der Waals surface area contributed by atoms with Crippen LogP contribution in [0.5, 0.6) is 0 Å². The van der Waals surface area contributed by atoms with Crippen LogP contribution in [0.4, 0.5) is 0 Å². The van der Waals surface area contributed by atoms with E-state index >= 15 is 0 Å². The van der Waals surface area contributed by atoms with Crippen LogP contribution < -0.4 is 0 Å². The van der Waals surface area contributed by atoms with Gasteiger partial charge >= 0.3 is 42.1 Å². The predicted octanol–water partition coefficient (Wildman–Crippen LogP) is 28.0. The van der Waals surface area contributed by atoms with Crippen molar-refractivity contribution < 1.29 is 42.1 Å². The topological polar surface area (TPSA) is 51.6 Å². The van der Waals surface area contributed by atoms with Gasteiger partial charge in [0, 0.05) is 70.9 Å². The second-order valence-electron chi connectivity index (χ2n) is 27.5. The van der Waals surface area contributed by atoms with Gasteiger partial charge in [0.15, 0.2) is 0 Å². The molecule has 0 aliphatic rings. The van der Waals surface area contributed by atoms with Crippen LogP contribution in [0, 0.1) is 65.8 Å². The van der Waals surface area contributed by atoms with Gasteiger partial charge < -0.3 is 9.97 Å². The van der Waals surface area contributed by atoms with Crippen LogP contribution in [-0.4, -0.2) is 19.9 Å². The molecule has 8 heterocycles. The fourth-order valence-corrected chi connectivity index (χ4v) is 19.4. The Balaban J connectivity index is 0.000000116. The van der Waals surface area contributed by atoms with Crippen molar-refractivity contribution >= 4 is 129 Å². The van der Waals surface area contributed by atoms with Gasteiger partial charge in [-0.15, -0.1) is 71.4 Å².